The van der Waals surface area contributed by atoms with Crippen LogP contribution in [0.3, 0.4) is 0 Å². The van der Waals surface area contributed by atoms with Crippen LogP contribution in [0, 0.1) is 0 Å². The normalized spacial score (nSPS) is 10.2. The summed E-state index contributed by atoms with van der Waals surface area (Å²) in [5.74, 6) is -1.11. The van der Waals surface area contributed by atoms with E-state index in [9.17, 15) is 19.8 Å². The van der Waals surface area contributed by atoms with Gasteiger partial charge in [0.1, 0.15) is 0 Å². The van der Waals surface area contributed by atoms with Gasteiger partial charge in [-0.1, -0.05) is 30.9 Å². The van der Waals surface area contributed by atoms with Gasteiger partial charge < -0.3 is 19.8 Å². The summed E-state index contributed by atoms with van der Waals surface area (Å²) in [4.78, 5) is 20.9. The van der Waals surface area contributed by atoms with Crippen molar-refractivity contribution in [2.75, 3.05) is 5.75 Å². The predicted octanol–water partition coefficient (Wildman–Crippen LogP) is -4.02. The Morgan fingerprint density at radius 1 is 0.923 bits per heavy atom. The minimum atomic E-state index is -0.990. The van der Waals surface area contributed by atoms with Crippen molar-refractivity contribution in [3.63, 3.8) is 0 Å². The maximum Gasteiger partial charge on any atom is 1.00 e. The minimum absolute atomic E-state index is 0. The van der Waals surface area contributed by atoms with Crippen molar-refractivity contribution in [2.24, 2.45) is 0 Å². The Bertz CT molecular complexity index is 385. The number of carboxylic acid groups (broad SMARTS) is 2. The Balaban J connectivity index is -0.000000173. The third-order valence-electron chi connectivity index (χ3n) is 3.03. The molecule has 140 valence electrons. The van der Waals surface area contributed by atoms with Crippen LogP contribution in [0.1, 0.15) is 64.2 Å². The van der Waals surface area contributed by atoms with Crippen LogP contribution in [-0.4, -0.2) is 33.2 Å². The molecule has 0 bridgehead atoms. The second kappa shape index (κ2) is 26.8. The van der Waals surface area contributed by atoms with Crippen molar-refractivity contribution in [3.8, 4) is 0 Å². The molecule has 1 atom stereocenters. The fraction of sp³-hybridized carbons (Fsp3) is 0.750. The fourth-order valence-electron chi connectivity index (χ4n) is 1.73. The van der Waals surface area contributed by atoms with Gasteiger partial charge in [0.2, 0.25) is 0 Å². The van der Waals surface area contributed by atoms with Crippen LogP contribution in [0.5, 0.6) is 0 Å². The van der Waals surface area contributed by atoms with Crippen molar-refractivity contribution < 1.29 is 78.9 Å². The summed E-state index contributed by atoms with van der Waals surface area (Å²) in [6.07, 6.45) is 6.78. The average Bonchev–Trinajstić information content (AvgIpc) is 2.49. The van der Waals surface area contributed by atoms with Crippen molar-refractivity contribution in [3.05, 3.63) is 0 Å². The van der Waals surface area contributed by atoms with Crippen molar-refractivity contribution in [2.45, 2.75) is 69.5 Å². The molecule has 0 aliphatic carbocycles. The van der Waals surface area contributed by atoms with Gasteiger partial charge in [0, 0.05) is 23.6 Å². The predicted molar refractivity (Wildman–Crippen MR) is 109 cm³/mol. The van der Waals surface area contributed by atoms with Gasteiger partial charge in [-0.05, 0) is 67.4 Å². The molecule has 0 N–H and O–H groups in total. The standard InChI is InChI=1S/C8H16O2S2.C8H12O2S2.2Na/c2*9-8(10)4-2-1-3-7(12)5-6-11;;/h7,11-12H,1-6H2,(H,9,10);6H,1-5H2,(H,9,10);;/q;;2*+1/p-2. The number of unbranched alkanes of at least 4 members (excludes halogenated alkanes) is 2. The SMILES string of the molecule is O=C([O-])CCCCC(=S)CC=S.O=C([O-])CCCCC(S)CCS.[Na+].[Na+]. The molecule has 0 aliphatic rings. The maximum atomic E-state index is 10.0. The summed E-state index contributed by atoms with van der Waals surface area (Å²) < 4.78 is 0. The number of carbonyl (C=O) groups excluding carboxylic acids is 2. The Labute approximate surface area is 223 Å². The van der Waals surface area contributed by atoms with E-state index in [1.165, 1.54) is 0 Å². The number of carboxylic acids is 2. The van der Waals surface area contributed by atoms with Crippen LogP contribution in [0.25, 0.3) is 0 Å². The van der Waals surface area contributed by atoms with E-state index < -0.39 is 11.9 Å². The van der Waals surface area contributed by atoms with Gasteiger partial charge in [-0.25, -0.2) is 0 Å². The molecule has 4 nitrogen and oxygen atoms in total. The number of aliphatic carboxylic acids is 2. The summed E-state index contributed by atoms with van der Waals surface area (Å²) in [5, 5.41) is 22.0. The molecule has 0 saturated heterocycles. The fourth-order valence-corrected chi connectivity index (χ4v) is 3.09. The summed E-state index contributed by atoms with van der Waals surface area (Å²) >= 11 is 18.0. The van der Waals surface area contributed by atoms with E-state index >= 15 is 0 Å². The van der Waals surface area contributed by atoms with E-state index in [1.54, 1.807) is 5.37 Å². The smallest absolute Gasteiger partial charge is 0.550 e. The van der Waals surface area contributed by atoms with Crippen LogP contribution in [0.4, 0.5) is 0 Å². The van der Waals surface area contributed by atoms with E-state index in [-0.39, 0.29) is 72.0 Å². The zero-order chi connectivity index (χ0) is 18.8. The molecule has 1 unspecified atom stereocenters. The first-order chi connectivity index (χ1) is 11.3. The Morgan fingerprint density at radius 3 is 1.81 bits per heavy atom. The quantitative estimate of drug-likeness (QED) is 0.120. The van der Waals surface area contributed by atoms with Crippen LogP contribution in [0.15, 0.2) is 0 Å². The van der Waals surface area contributed by atoms with E-state index in [4.69, 9.17) is 12.2 Å². The monoisotopic (exact) mass is 456 g/mol. The van der Waals surface area contributed by atoms with Gasteiger partial charge in [0.05, 0.1) is 0 Å². The molecular formula is C16H26Na2O4S4. The Kier molecular flexibility index (Phi) is 36.4. The molecule has 0 amide bonds. The largest absolute Gasteiger partial charge is 1.00 e. The zero-order valence-corrected chi connectivity index (χ0v) is 23.2. The van der Waals surface area contributed by atoms with E-state index in [0.29, 0.717) is 24.5 Å². The van der Waals surface area contributed by atoms with E-state index in [0.717, 1.165) is 42.7 Å². The third-order valence-corrected chi connectivity index (χ3v) is 4.34. The van der Waals surface area contributed by atoms with Gasteiger partial charge >= 0.3 is 59.1 Å². The molecule has 0 aromatic heterocycles. The number of thiol groups is 2. The van der Waals surface area contributed by atoms with Crippen LogP contribution in [-0.2, 0) is 9.59 Å². The second-order valence-corrected chi connectivity index (χ2v) is 7.36. The first-order valence-corrected chi connectivity index (χ1v) is 10.00. The molecule has 0 radical (unpaired) electrons. The molecule has 0 saturated carbocycles. The average molecular weight is 457 g/mol. The second-order valence-electron chi connectivity index (χ2n) is 5.27. The van der Waals surface area contributed by atoms with Crippen LogP contribution in [0.2, 0.25) is 0 Å². The van der Waals surface area contributed by atoms with Gasteiger partial charge in [-0.3, -0.25) is 0 Å². The molecule has 0 fully saturated rings. The topological polar surface area (TPSA) is 80.3 Å². The number of rotatable bonds is 14. The van der Waals surface area contributed by atoms with Gasteiger partial charge in [0.15, 0.2) is 0 Å². The Morgan fingerprint density at radius 2 is 1.38 bits per heavy atom. The number of hydrogen-bond acceptors (Lipinski definition) is 8. The summed E-state index contributed by atoms with van der Waals surface area (Å²) in [6, 6.07) is 0. The van der Waals surface area contributed by atoms with Crippen LogP contribution >= 0.6 is 49.7 Å². The molecular weight excluding hydrogens is 430 g/mol. The zero-order valence-electron chi connectivity index (χ0n) is 15.8. The molecule has 0 aliphatic heterocycles. The van der Waals surface area contributed by atoms with Crippen molar-refractivity contribution in [1.82, 2.24) is 0 Å². The summed E-state index contributed by atoms with van der Waals surface area (Å²) in [6.45, 7) is 0. The summed E-state index contributed by atoms with van der Waals surface area (Å²) in [5.41, 5.74) is 0. The van der Waals surface area contributed by atoms with Gasteiger partial charge in [0.25, 0.3) is 0 Å². The molecule has 0 aromatic rings. The maximum absolute atomic E-state index is 10.0. The minimum Gasteiger partial charge on any atom is -0.550 e. The van der Waals surface area contributed by atoms with Crippen molar-refractivity contribution in [1.29, 1.82) is 0 Å². The first-order valence-electron chi connectivity index (χ1n) is 7.97. The van der Waals surface area contributed by atoms with Gasteiger partial charge in [-0.15, -0.1) is 0 Å². The Hall–Kier alpha value is 1.82. The van der Waals surface area contributed by atoms with Gasteiger partial charge in [-0.2, -0.15) is 25.3 Å². The molecule has 26 heavy (non-hydrogen) atoms. The van der Waals surface area contributed by atoms with E-state index in [2.05, 4.69) is 37.5 Å². The molecule has 0 rings (SSSR count). The van der Waals surface area contributed by atoms with Crippen LogP contribution < -0.4 is 69.3 Å². The third kappa shape index (κ3) is 33.4. The first kappa shape index (κ1) is 35.3. The number of carbonyl (C=O) groups is 2. The van der Waals surface area contributed by atoms with E-state index in [1.807, 2.05) is 0 Å². The molecule has 10 heteroatoms. The molecule has 0 heterocycles. The number of hydrogen-bond donors (Lipinski definition) is 2. The van der Waals surface area contributed by atoms with Crippen molar-refractivity contribution >= 4 is 71.9 Å². The summed E-state index contributed by atoms with van der Waals surface area (Å²) in [7, 11) is 0. The number of thiocarbonyl (C=S) groups is 2. The molecule has 0 spiro atoms. The molecule has 0 aromatic carbocycles.